The van der Waals surface area contributed by atoms with Gasteiger partial charge in [-0.2, -0.15) is 0 Å². The summed E-state index contributed by atoms with van der Waals surface area (Å²) >= 11 is 0. The number of nitrogens with zero attached hydrogens (tertiary/aromatic N) is 1. The number of aryl methyl sites for hydroxylation is 1. The molecule has 0 aromatic carbocycles. The number of hydrogen-bond acceptors (Lipinski definition) is 5. The molecule has 1 aromatic heterocycles. The van der Waals surface area contributed by atoms with Gasteiger partial charge in [0, 0.05) is 0 Å². The quantitative estimate of drug-likeness (QED) is 0.612. The van der Waals surface area contributed by atoms with Crippen LogP contribution >= 0.6 is 0 Å². The number of H-pyrrole nitrogens is 2. The van der Waals surface area contributed by atoms with Crippen molar-refractivity contribution in [1.29, 1.82) is 0 Å². The summed E-state index contributed by atoms with van der Waals surface area (Å²) in [5, 5.41) is 2.69. The van der Waals surface area contributed by atoms with Crippen LogP contribution in [0.4, 0.5) is 5.69 Å². The number of nitrogens with one attached hydrogen (secondary N) is 2. The molecular formula is C12H20N4O3. The molecule has 0 aliphatic rings. The van der Waals surface area contributed by atoms with Crippen molar-refractivity contribution in [3.63, 3.8) is 0 Å². The van der Waals surface area contributed by atoms with Gasteiger partial charge in [0.15, 0.2) is 5.69 Å². The highest BCUT2D eigenvalue weighted by Crippen LogP contribution is 2.19. The van der Waals surface area contributed by atoms with Gasteiger partial charge in [0.05, 0.1) is 5.69 Å². The highest BCUT2D eigenvalue weighted by molar-refractivity contribution is 5.38. The number of nitroso groups, excluding NO2 is 1. The Labute approximate surface area is 110 Å². The lowest BCUT2D eigenvalue weighted by atomic mass is 9.93. The number of nitrogens with two attached hydrogens (primary N) is 1. The van der Waals surface area contributed by atoms with Crippen LogP contribution in [0.5, 0.6) is 0 Å². The average Bonchev–Trinajstić information content (AvgIpc) is 2.36. The Hall–Kier alpha value is -1.76. The molecule has 0 saturated carbocycles. The van der Waals surface area contributed by atoms with Crippen LogP contribution in [0, 0.1) is 10.8 Å². The maximum atomic E-state index is 11.4. The van der Waals surface area contributed by atoms with Crippen LogP contribution in [0.15, 0.2) is 14.8 Å². The van der Waals surface area contributed by atoms with Gasteiger partial charge >= 0.3 is 5.69 Å². The van der Waals surface area contributed by atoms with E-state index in [9.17, 15) is 14.5 Å². The molecule has 0 fully saturated rings. The van der Waals surface area contributed by atoms with E-state index in [0.717, 1.165) is 25.7 Å². The van der Waals surface area contributed by atoms with E-state index < -0.39 is 11.2 Å². The summed E-state index contributed by atoms with van der Waals surface area (Å²) in [5.41, 5.74) is 4.28. The van der Waals surface area contributed by atoms with Gasteiger partial charge in [-0.15, -0.1) is 4.91 Å². The molecule has 0 spiro atoms. The van der Waals surface area contributed by atoms with Crippen molar-refractivity contribution < 1.29 is 0 Å². The van der Waals surface area contributed by atoms with Crippen molar-refractivity contribution in [2.24, 2.45) is 16.8 Å². The molecule has 7 nitrogen and oxygen atoms in total. The maximum Gasteiger partial charge on any atom is 0.326 e. The van der Waals surface area contributed by atoms with Crippen LogP contribution in [0.25, 0.3) is 0 Å². The molecule has 1 unspecified atom stereocenters. The fourth-order valence-corrected chi connectivity index (χ4v) is 2.23. The second-order valence-electron chi connectivity index (χ2n) is 4.60. The molecule has 4 N–H and O–H groups in total. The second kappa shape index (κ2) is 7.63. The molecule has 1 atom stereocenters. The fraction of sp³-hybridized carbons (Fsp3) is 0.667. The molecular weight excluding hydrogens is 248 g/mol. The molecule has 1 heterocycles. The van der Waals surface area contributed by atoms with E-state index in [-0.39, 0.29) is 5.69 Å². The zero-order chi connectivity index (χ0) is 14.3. The van der Waals surface area contributed by atoms with E-state index in [0.29, 0.717) is 24.6 Å². The number of aromatic amines is 2. The lowest BCUT2D eigenvalue weighted by Crippen LogP contribution is -2.24. The zero-order valence-electron chi connectivity index (χ0n) is 11.1. The van der Waals surface area contributed by atoms with E-state index >= 15 is 0 Å². The Morgan fingerprint density at radius 3 is 2.53 bits per heavy atom. The molecule has 0 radical (unpaired) electrons. The highest BCUT2D eigenvalue weighted by Gasteiger charge is 2.13. The van der Waals surface area contributed by atoms with Crippen molar-refractivity contribution in [1.82, 2.24) is 9.97 Å². The summed E-state index contributed by atoms with van der Waals surface area (Å²) in [6, 6.07) is 0. The van der Waals surface area contributed by atoms with E-state index in [4.69, 9.17) is 5.73 Å². The standard InChI is InChI=1S/C12H20N4O3/c1-2-3-8(6-7-13)4-5-9-10(16-19)11(17)15-12(18)14-9/h8H,2-7,13H2,1H3,(H2,14,15,17,18). The first-order chi connectivity index (χ1) is 9.12. The highest BCUT2D eigenvalue weighted by atomic mass is 16.3. The first-order valence-corrected chi connectivity index (χ1v) is 6.51. The Morgan fingerprint density at radius 2 is 1.95 bits per heavy atom. The van der Waals surface area contributed by atoms with Gasteiger partial charge in [-0.1, -0.05) is 19.8 Å². The predicted molar refractivity (Wildman–Crippen MR) is 73.5 cm³/mol. The third-order valence-corrected chi connectivity index (χ3v) is 3.16. The fourth-order valence-electron chi connectivity index (χ4n) is 2.23. The minimum atomic E-state index is -0.736. The third kappa shape index (κ3) is 4.44. The Bertz CT molecular complexity index is 514. The largest absolute Gasteiger partial charge is 0.330 e. The van der Waals surface area contributed by atoms with Crippen LogP contribution in [-0.4, -0.2) is 16.5 Å². The third-order valence-electron chi connectivity index (χ3n) is 3.16. The summed E-state index contributed by atoms with van der Waals surface area (Å²) in [7, 11) is 0. The van der Waals surface area contributed by atoms with E-state index in [2.05, 4.69) is 17.1 Å². The number of rotatable bonds is 8. The molecule has 0 saturated heterocycles. The number of hydrogen-bond donors (Lipinski definition) is 3. The molecule has 7 heteroatoms. The average molecular weight is 268 g/mol. The van der Waals surface area contributed by atoms with E-state index in [1.165, 1.54) is 0 Å². The molecule has 1 rings (SSSR count). The molecule has 0 aliphatic heterocycles. The van der Waals surface area contributed by atoms with Gasteiger partial charge in [-0.3, -0.25) is 9.78 Å². The van der Waals surface area contributed by atoms with E-state index in [1.807, 2.05) is 4.98 Å². The minimum absolute atomic E-state index is 0.234. The van der Waals surface area contributed by atoms with Crippen molar-refractivity contribution in [2.75, 3.05) is 6.54 Å². The van der Waals surface area contributed by atoms with Gasteiger partial charge in [-0.05, 0) is 36.9 Å². The lowest BCUT2D eigenvalue weighted by Gasteiger charge is -2.14. The van der Waals surface area contributed by atoms with Crippen LogP contribution < -0.4 is 17.0 Å². The molecule has 0 bridgehead atoms. The zero-order valence-corrected chi connectivity index (χ0v) is 11.1. The summed E-state index contributed by atoms with van der Waals surface area (Å²) in [4.78, 5) is 37.7. The Kier molecular flexibility index (Phi) is 6.14. The first-order valence-electron chi connectivity index (χ1n) is 6.51. The topological polar surface area (TPSA) is 121 Å². The molecule has 0 aliphatic carbocycles. The van der Waals surface area contributed by atoms with Gasteiger partial charge in [-0.25, -0.2) is 4.79 Å². The predicted octanol–water partition coefficient (Wildman–Crippen LogP) is 1.16. The van der Waals surface area contributed by atoms with Crippen LogP contribution in [-0.2, 0) is 6.42 Å². The van der Waals surface area contributed by atoms with Crippen molar-refractivity contribution in [3.8, 4) is 0 Å². The summed E-state index contributed by atoms with van der Waals surface area (Å²) in [6.07, 6.45) is 4.20. The van der Waals surface area contributed by atoms with Gasteiger partial charge in [0.2, 0.25) is 0 Å². The summed E-state index contributed by atoms with van der Waals surface area (Å²) in [5.74, 6) is 0.428. The first kappa shape index (κ1) is 15.3. The molecule has 106 valence electrons. The van der Waals surface area contributed by atoms with Crippen molar-refractivity contribution >= 4 is 5.69 Å². The smallest absolute Gasteiger partial charge is 0.326 e. The summed E-state index contributed by atoms with van der Waals surface area (Å²) in [6.45, 7) is 2.70. The monoisotopic (exact) mass is 268 g/mol. The van der Waals surface area contributed by atoms with Gasteiger partial charge < -0.3 is 10.7 Å². The molecule has 0 amide bonds. The number of aromatic nitrogens is 2. The summed E-state index contributed by atoms with van der Waals surface area (Å²) < 4.78 is 0. The Morgan fingerprint density at radius 1 is 1.21 bits per heavy atom. The van der Waals surface area contributed by atoms with E-state index in [1.54, 1.807) is 0 Å². The maximum absolute atomic E-state index is 11.4. The molecule has 1 aromatic rings. The second-order valence-corrected chi connectivity index (χ2v) is 4.60. The van der Waals surface area contributed by atoms with Gasteiger partial charge in [0.25, 0.3) is 5.56 Å². The normalized spacial score (nSPS) is 12.3. The minimum Gasteiger partial charge on any atom is -0.330 e. The Balaban J connectivity index is 2.84. The SMILES string of the molecule is CCCC(CCN)CCc1[nH]c(=O)[nH]c(=O)c1N=O. The van der Waals surface area contributed by atoms with Crippen LogP contribution in [0.1, 0.15) is 38.3 Å². The van der Waals surface area contributed by atoms with Gasteiger partial charge in [0.1, 0.15) is 0 Å². The lowest BCUT2D eigenvalue weighted by molar-refractivity contribution is 0.419. The van der Waals surface area contributed by atoms with Crippen molar-refractivity contribution in [3.05, 3.63) is 31.4 Å². The van der Waals surface area contributed by atoms with Crippen LogP contribution in [0.3, 0.4) is 0 Å². The molecule has 19 heavy (non-hydrogen) atoms. The van der Waals surface area contributed by atoms with Crippen LogP contribution in [0.2, 0.25) is 0 Å². The van der Waals surface area contributed by atoms with Crippen molar-refractivity contribution in [2.45, 2.75) is 39.0 Å².